The summed E-state index contributed by atoms with van der Waals surface area (Å²) in [5.41, 5.74) is 1.49. The number of anilines is 1. The molecule has 0 spiro atoms. The largest absolute Gasteiger partial charge is 0.507 e. The van der Waals surface area contributed by atoms with E-state index in [1.54, 1.807) is 39.0 Å². The van der Waals surface area contributed by atoms with Gasteiger partial charge in [-0.25, -0.2) is 14.2 Å². The molecule has 1 unspecified atom stereocenters. The number of aryl methyl sites for hydroxylation is 2. The molecule has 4 rings (SSSR count). The summed E-state index contributed by atoms with van der Waals surface area (Å²) in [6, 6.07) is 9.06. The van der Waals surface area contributed by atoms with Crippen LogP contribution in [0.2, 0.25) is 0 Å². The minimum Gasteiger partial charge on any atom is -0.507 e. The maximum Gasteiger partial charge on any atom is 0.350 e. The first-order valence-electron chi connectivity index (χ1n) is 11.0. The Hall–Kier alpha value is -4.05. The van der Waals surface area contributed by atoms with Gasteiger partial charge in [-0.15, -0.1) is 0 Å². The second-order valence-corrected chi connectivity index (χ2v) is 9.01. The van der Waals surface area contributed by atoms with Gasteiger partial charge in [-0.1, -0.05) is 23.5 Å². The van der Waals surface area contributed by atoms with Gasteiger partial charge in [-0.3, -0.25) is 14.5 Å². The normalized spacial score (nSPS) is 16.9. The number of carbonyl (C=O) groups is 3. The number of hydrogen-bond acceptors (Lipinski definition) is 8. The first kappa shape index (κ1) is 25.1. The van der Waals surface area contributed by atoms with Crippen LogP contribution in [0.3, 0.4) is 0 Å². The van der Waals surface area contributed by atoms with Gasteiger partial charge in [0, 0.05) is 5.56 Å². The molecule has 0 aliphatic carbocycles. The van der Waals surface area contributed by atoms with Crippen LogP contribution >= 0.6 is 11.3 Å². The van der Waals surface area contributed by atoms with Gasteiger partial charge in [0.25, 0.3) is 5.78 Å². The van der Waals surface area contributed by atoms with E-state index in [2.05, 4.69) is 4.98 Å². The Morgan fingerprint density at radius 2 is 1.86 bits per heavy atom. The van der Waals surface area contributed by atoms with Gasteiger partial charge in [0.2, 0.25) is 0 Å². The molecular formula is C26H23FN2O6S. The lowest BCUT2D eigenvalue weighted by atomic mass is 9.94. The fraction of sp³-hybridized carbons (Fsp3) is 0.231. The number of ether oxygens (including phenoxy) is 2. The van der Waals surface area contributed by atoms with Crippen LogP contribution in [-0.4, -0.2) is 41.5 Å². The van der Waals surface area contributed by atoms with E-state index in [-0.39, 0.29) is 27.9 Å². The van der Waals surface area contributed by atoms with Crippen LogP contribution in [0.4, 0.5) is 9.52 Å². The van der Waals surface area contributed by atoms with Crippen molar-refractivity contribution in [3.8, 4) is 5.75 Å². The van der Waals surface area contributed by atoms with Crippen LogP contribution in [0, 0.1) is 19.7 Å². The van der Waals surface area contributed by atoms with E-state index < -0.39 is 29.5 Å². The van der Waals surface area contributed by atoms with Gasteiger partial charge in [-0.2, -0.15) is 0 Å². The van der Waals surface area contributed by atoms with E-state index in [4.69, 9.17) is 9.47 Å². The quantitative estimate of drug-likeness (QED) is 0.222. The molecule has 3 aromatic rings. The van der Waals surface area contributed by atoms with E-state index >= 15 is 0 Å². The molecule has 0 saturated carbocycles. The summed E-state index contributed by atoms with van der Waals surface area (Å²) in [6.45, 7) is 5.16. The summed E-state index contributed by atoms with van der Waals surface area (Å²) in [5.74, 6) is -2.78. The second-order valence-electron chi connectivity index (χ2n) is 8.03. The molecule has 2 aromatic carbocycles. The maximum absolute atomic E-state index is 13.7. The first-order valence-corrected chi connectivity index (χ1v) is 11.9. The van der Waals surface area contributed by atoms with Crippen molar-refractivity contribution in [3.05, 3.63) is 81.1 Å². The lowest BCUT2D eigenvalue weighted by Gasteiger charge is -2.23. The number of rotatable bonds is 6. The van der Waals surface area contributed by atoms with Crippen molar-refractivity contribution >= 4 is 39.9 Å². The Kier molecular flexibility index (Phi) is 6.89. The number of carbonyl (C=O) groups excluding carboxylic acids is 3. The Bertz CT molecular complexity index is 1400. The number of aliphatic hydroxyl groups excluding tert-OH is 1. The van der Waals surface area contributed by atoms with Crippen molar-refractivity contribution in [1.29, 1.82) is 0 Å². The van der Waals surface area contributed by atoms with E-state index in [1.807, 2.05) is 0 Å². The second kappa shape index (κ2) is 9.90. The van der Waals surface area contributed by atoms with Crippen molar-refractivity contribution < 1.29 is 33.4 Å². The Morgan fingerprint density at radius 3 is 2.47 bits per heavy atom. The summed E-state index contributed by atoms with van der Waals surface area (Å²) < 4.78 is 24.0. The van der Waals surface area contributed by atoms with Crippen molar-refractivity contribution in [1.82, 2.24) is 4.98 Å². The number of esters is 1. The summed E-state index contributed by atoms with van der Waals surface area (Å²) in [4.78, 5) is 44.6. The zero-order valence-electron chi connectivity index (χ0n) is 20.0. The number of amides is 1. The van der Waals surface area contributed by atoms with Gasteiger partial charge < -0.3 is 14.6 Å². The molecule has 0 bridgehead atoms. The van der Waals surface area contributed by atoms with Gasteiger partial charge in [0.15, 0.2) is 5.13 Å². The Morgan fingerprint density at radius 1 is 1.17 bits per heavy atom. The third-order valence-corrected chi connectivity index (χ3v) is 6.91. The molecule has 2 heterocycles. The zero-order valence-corrected chi connectivity index (χ0v) is 20.8. The number of ketones is 1. The SMILES string of the molecule is CCOC(=O)c1sc(N2C(=O)C(=O)C(=C(O)c3ccc(OC)cc3C)C2c2ccc(F)cc2)nc1C. The molecule has 1 saturated heterocycles. The molecule has 1 atom stereocenters. The molecule has 1 N–H and O–H groups in total. The van der Waals surface area contributed by atoms with Crippen molar-refractivity contribution in [2.75, 3.05) is 18.6 Å². The number of nitrogens with zero attached hydrogens (tertiary/aromatic N) is 2. The molecule has 1 amide bonds. The highest BCUT2D eigenvalue weighted by molar-refractivity contribution is 7.17. The molecule has 186 valence electrons. The number of aromatic nitrogens is 1. The zero-order chi connectivity index (χ0) is 26.1. The minimum atomic E-state index is -1.10. The van der Waals surface area contributed by atoms with Gasteiger partial charge in [-0.05, 0) is 62.2 Å². The number of Topliss-reactive ketones (excluding diaryl/α,β-unsaturated/α-hetero) is 1. The van der Waals surface area contributed by atoms with Crippen LogP contribution < -0.4 is 9.64 Å². The molecule has 8 nitrogen and oxygen atoms in total. The van der Waals surface area contributed by atoms with Crippen LogP contribution in [0.1, 0.15) is 45.0 Å². The highest BCUT2D eigenvalue weighted by Gasteiger charge is 2.48. The summed E-state index contributed by atoms with van der Waals surface area (Å²) in [7, 11) is 1.51. The average molecular weight is 511 g/mol. The lowest BCUT2D eigenvalue weighted by Crippen LogP contribution is -2.29. The Labute approximate surface area is 210 Å². The number of methoxy groups -OCH3 is 1. The van der Waals surface area contributed by atoms with Crippen LogP contribution in [-0.2, 0) is 14.3 Å². The highest BCUT2D eigenvalue weighted by Crippen LogP contribution is 2.44. The van der Waals surface area contributed by atoms with E-state index in [1.165, 1.54) is 31.4 Å². The van der Waals surface area contributed by atoms with E-state index in [9.17, 15) is 23.9 Å². The predicted octanol–water partition coefficient (Wildman–Crippen LogP) is 4.71. The number of hydrogen-bond donors (Lipinski definition) is 1. The third kappa shape index (κ3) is 4.35. The molecule has 1 aromatic heterocycles. The molecule has 1 fully saturated rings. The smallest absolute Gasteiger partial charge is 0.350 e. The minimum absolute atomic E-state index is 0.0810. The monoisotopic (exact) mass is 510 g/mol. The van der Waals surface area contributed by atoms with E-state index in [0.717, 1.165) is 16.2 Å². The fourth-order valence-corrected chi connectivity index (χ4v) is 5.02. The molecule has 10 heteroatoms. The number of halogens is 1. The van der Waals surface area contributed by atoms with Crippen molar-refractivity contribution in [2.24, 2.45) is 0 Å². The summed E-state index contributed by atoms with van der Waals surface area (Å²) >= 11 is 0.902. The number of thiazole rings is 1. The van der Waals surface area contributed by atoms with E-state index in [0.29, 0.717) is 28.1 Å². The molecule has 0 radical (unpaired) electrons. The Balaban J connectivity index is 1.92. The molecule has 1 aliphatic heterocycles. The third-order valence-electron chi connectivity index (χ3n) is 5.77. The lowest BCUT2D eigenvalue weighted by molar-refractivity contribution is -0.132. The van der Waals surface area contributed by atoms with Crippen LogP contribution in [0.5, 0.6) is 5.75 Å². The molecule has 36 heavy (non-hydrogen) atoms. The van der Waals surface area contributed by atoms with Gasteiger partial charge >= 0.3 is 11.9 Å². The predicted molar refractivity (Wildman–Crippen MR) is 132 cm³/mol. The van der Waals surface area contributed by atoms with Crippen molar-refractivity contribution in [2.45, 2.75) is 26.8 Å². The first-order chi connectivity index (χ1) is 17.2. The van der Waals surface area contributed by atoms with Gasteiger partial charge in [0.05, 0.1) is 31.0 Å². The van der Waals surface area contributed by atoms with Gasteiger partial charge in [0.1, 0.15) is 22.2 Å². The van der Waals surface area contributed by atoms with Crippen molar-refractivity contribution in [3.63, 3.8) is 0 Å². The average Bonchev–Trinajstić information content (AvgIpc) is 3.36. The molecule has 1 aliphatic rings. The highest BCUT2D eigenvalue weighted by atomic mass is 32.1. The fourth-order valence-electron chi connectivity index (χ4n) is 4.04. The topological polar surface area (TPSA) is 106 Å². The summed E-state index contributed by atoms with van der Waals surface area (Å²) in [5, 5.41) is 11.4. The summed E-state index contributed by atoms with van der Waals surface area (Å²) in [6.07, 6.45) is 0. The molecular weight excluding hydrogens is 487 g/mol. The number of aliphatic hydroxyl groups is 1. The van der Waals surface area contributed by atoms with Crippen LogP contribution in [0.25, 0.3) is 5.76 Å². The standard InChI is InChI=1S/C26H23FN2O6S/c1-5-35-25(33)23-14(3)28-26(36-23)29-20(15-6-8-16(27)9-7-15)19(22(31)24(29)32)21(30)18-11-10-17(34-4)12-13(18)2/h6-12,20,30H,5H2,1-4H3. The maximum atomic E-state index is 13.7. The van der Waals surface area contributed by atoms with Crippen LogP contribution in [0.15, 0.2) is 48.0 Å². The number of benzene rings is 2.